The van der Waals surface area contributed by atoms with Gasteiger partial charge in [-0.2, -0.15) is 0 Å². The quantitative estimate of drug-likeness (QED) is 0.837. The molecule has 0 aliphatic carbocycles. The second kappa shape index (κ2) is 6.40. The first-order chi connectivity index (χ1) is 8.49. The number of aromatic hydroxyl groups is 1. The van der Waals surface area contributed by atoms with Crippen LogP contribution in [0.5, 0.6) is 5.75 Å². The Labute approximate surface area is 109 Å². The molecule has 1 amide bonds. The number of para-hydroxylation sites is 1. The lowest BCUT2D eigenvalue weighted by molar-refractivity contribution is -0.135. The molecule has 0 bridgehead atoms. The van der Waals surface area contributed by atoms with Gasteiger partial charge in [0.1, 0.15) is 5.75 Å². The van der Waals surface area contributed by atoms with Crippen molar-refractivity contribution in [2.24, 2.45) is 5.92 Å². The monoisotopic (exact) mass is 250 g/mol. The van der Waals surface area contributed by atoms with Crippen molar-refractivity contribution in [1.82, 2.24) is 10.2 Å². The van der Waals surface area contributed by atoms with E-state index in [2.05, 4.69) is 5.32 Å². The van der Waals surface area contributed by atoms with E-state index in [1.807, 2.05) is 33.0 Å². The summed E-state index contributed by atoms with van der Waals surface area (Å²) in [6.45, 7) is 4.46. The molecule has 0 fully saturated rings. The van der Waals surface area contributed by atoms with Gasteiger partial charge < -0.3 is 15.3 Å². The number of benzene rings is 1. The molecule has 0 aliphatic heterocycles. The number of carbonyl (C=O) groups excluding carboxylic acids is 1. The number of hydrogen-bond acceptors (Lipinski definition) is 3. The van der Waals surface area contributed by atoms with Gasteiger partial charge in [-0.25, -0.2) is 0 Å². The number of rotatable bonds is 5. The minimum Gasteiger partial charge on any atom is -0.508 e. The fourth-order valence-electron chi connectivity index (χ4n) is 1.98. The van der Waals surface area contributed by atoms with Gasteiger partial charge >= 0.3 is 0 Å². The molecule has 0 aromatic heterocycles. The fraction of sp³-hybridized carbons (Fsp3) is 0.500. The Morgan fingerprint density at radius 1 is 1.39 bits per heavy atom. The van der Waals surface area contributed by atoms with Crippen molar-refractivity contribution in [2.45, 2.75) is 19.9 Å². The molecule has 0 radical (unpaired) electrons. The molecule has 1 rings (SSSR count). The zero-order chi connectivity index (χ0) is 13.7. The summed E-state index contributed by atoms with van der Waals surface area (Å²) >= 11 is 0. The molecule has 18 heavy (non-hydrogen) atoms. The first-order valence-corrected chi connectivity index (χ1v) is 6.18. The Balaban J connectivity index is 2.81. The maximum atomic E-state index is 12.2. The van der Waals surface area contributed by atoms with E-state index in [0.29, 0.717) is 6.54 Å². The zero-order valence-electron chi connectivity index (χ0n) is 11.5. The van der Waals surface area contributed by atoms with Crippen molar-refractivity contribution in [3.8, 4) is 5.75 Å². The maximum Gasteiger partial charge on any atom is 0.226 e. The second-order valence-corrected chi connectivity index (χ2v) is 4.64. The molecule has 0 saturated heterocycles. The fourth-order valence-corrected chi connectivity index (χ4v) is 1.98. The van der Waals surface area contributed by atoms with Crippen LogP contribution < -0.4 is 5.32 Å². The Hall–Kier alpha value is -1.55. The molecule has 4 nitrogen and oxygen atoms in total. The smallest absolute Gasteiger partial charge is 0.226 e. The highest BCUT2D eigenvalue weighted by atomic mass is 16.3. The maximum absolute atomic E-state index is 12.2. The van der Waals surface area contributed by atoms with E-state index < -0.39 is 0 Å². The second-order valence-electron chi connectivity index (χ2n) is 4.64. The third-order valence-corrected chi connectivity index (χ3v) is 3.25. The van der Waals surface area contributed by atoms with Gasteiger partial charge in [-0.3, -0.25) is 4.79 Å². The lowest BCUT2D eigenvalue weighted by Gasteiger charge is -2.28. The SMILES string of the molecule is CNCC(C)C(=O)N(C)C(C)c1ccccc1O. The Morgan fingerprint density at radius 3 is 2.56 bits per heavy atom. The molecule has 0 aliphatic rings. The summed E-state index contributed by atoms with van der Waals surface area (Å²) in [5.74, 6) is 0.222. The Morgan fingerprint density at radius 2 is 2.00 bits per heavy atom. The molecular weight excluding hydrogens is 228 g/mol. The molecule has 0 heterocycles. The van der Waals surface area contributed by atoms with E-state index in [-0.39, 0.29) is 23.6 Å². The van der Waals surface area contributed by atoms with Gasteiger partial charge in [0.2, 0.25) is 5.91 Å². The predicted molar refractivity (Wildman–Crippen MR) is 72.4 cm³/mol. The Kier molecular flexibility index (Phi) is 5.16. The van der Waals surface area contributed by atoms with E-state index >= 15 is 0 Å². The average Bonchev–Trinajstić information content (AvgIpc) is 2.37. The molecule has 0 saturated carbocycles. The number of phenols is 1. The van der Waals surface area contributed by atoms with Crippen LogP contribution in [-0.4, -0.2) is 36.6 Å². The van der Waals surface area contributed by atoms with Crippen LogP contribution >= 0.6 is 0 Å². The summed E-state index contributed by atoms with van der Waals surface area (Å²) in [5, 5.41) is 12.8. The van der Waals surface area contributed by atoms with E-state index in [9.17, 15) is 9.90 Å². The first-order valence-electron chi connectivity index (χ1n) is 6.18. The number of amides is 1. The van der Waals surface area contributed by atoms with Crippen molar-refractivity contribution in [2.75, 3.05) is 20.6 Å². The number of carbonyl (C=O) groups is 1. The lowest BCUT2D eigenvalue weighted by atomic mass is 10.0. The third-order valence-electron chi connectivity index (χ3n) is 3.25. The molecular formula is C14H22N2O2. The van der Waals surface area contributed by atoms with E-state index in [4.69, 9.17) is 0 Å². The van der Waals surface area contributed by atoms with Crippen molar-refractivity contribution >= 4 is 5.91 Å². The van der Waals surface area contributed by atoms with Crippen LogP contribution in [-0.2, 0) is 4.79 Å². The molecule has 4 heteroatoms. The summed E-state index contributed by atoms with van der Waals surface area (Å²) in [7, 11) is 3.60. The first kappa shape index (κ1) is 14.5. The number of nitrogens with zero attached hydrogens (tertiary/aromatic N) is 1. The number of nitrogens with one attached hydrogen (secondary N) is 1. The van der Waals surface area contributed by atoms with Gasteiger partial charge in [-0.05, 0) is 20.0 Å². The minimum atomic E-state index is -0.141. The molecule has 0 spiro atoms. The number of hydrogen-bond donors (Lipinski definition) is 2. The molecule has 1 aromatic rings. The van der Waals surface area contributed by atoms with Crippen LogP contribution in [0.3, 0.4) is 0 Å². The average molecular weight is 250 g/mol. The topological polar surface area (TPSA) is 52.6 Å². The summed E-state index contributed by atoms with van der Waals surface area (Å²) in [6, 6.07) is 6.98. The van der Waals surface area contributed by atoms with Gasteiger partial charge in [-0.15, -0.1) is 0 Å². The summed E-state index contributed by atoms with van der Waals surface area (Å²) < 4.78 is 0. The molecule has 1 aromatic carbocycles. The van der Waals surface area contributed by atoms with Crippen LogP contribution in [0.25, 0.3) is 0 Å². The summed E-state index contributed by atoms with van der Waals surface area (Å²) in [4.78, 5) is 13.8. The van der Waals surface area contributed by atoms with Gasteiger partial charge in [0, 0.05) is 25.1 Å². The highest BCUT2D eigenvalue weighted by Gasteiger charge is 2.23. The van der Waals surface area contributed by atoms with Crippen LogP contribution in [0, 0.1) is 5.92 Å². The van der Waals surface area contributed by atoms with E-state index in [0.717, 1.165) is 5.56 Å². The van der Waals surface area contributed by atoms with Gasteiger partial charge in [0.25, 0.3) is 0 Å². The van der Waals surface area contributed by atoms with Gasteiger partial charge in [0.15, 0.2) is 0 Å². The zero-order valence-corrected chi connectivity index (χ0v) is 11.5. The summed E-state index contributed by atoms with van der Waals surface area (Å²) in [5.41, 5.74) is 0.769. The lowest BCUT2D eigenvalue weighted by Crippen LogP contribution is -2.37. The molecule has 2 unspecified atom stereocenters. The highest BCUT2D eigenvalue weighted by Crippen LogP contribution is 2.27. The molecule has 100 valence electrons. The van der Waals surface area contributed by atoms with Gasteiger partial charge in [0.05, 0.1) is 6.04 Å². The third kappa shape index (κ3) is 3.23. The van der Waals surface area contributed by atoms with Crippen LogP contribution in [0.4, 0.5) is 0 Å². The van der Waals surface area contributed by atoms with Gasteiger partial charge in [-0.1, -0.05) is 25.1 Å². The van der Waals surface area contributed by atoms with Crippen molar-refractivity contribution in [3.05, 3.63) is 29.8 Å². The predicted octanol–water partition coefficient (Wildman–Crippen LogP) is 1.77. The van der Waals surface area contributed by atoms with E-state index in [1.165, 1.54) is 0 Å². The van der Waals surface area contributed by atoms with Crippen LogP contribution in [0.1, 0.15) is 25.5 Å². The largest absolute Gasteiger partial charge is 0.508 e. The van der Waals surface area contributed by atoms with Crippen LogP contribution in [0.2, 0.25) is 0 Å². The standard InChI is InChI=1S/C14H22N2O2/c1-10(9-15-3)14(18)16(4)11(2)12-7-5-6-8-13(12)17/h5-8,10-11,15,17H,9H2,1-4H3. The molecule has 2 atom stereocenters. The van der Waals surface area contributed by atoms with E-state index in [1.54, 1.807) is 24.1 Å². The normalized spacial score (nSPS) is 14.0. The summed E-state index contributed by atoms with van der Waals surface area (Å²) in [6.07, 6.45) is 0. The molecule has 2 N–H and O–H groups in total. The van der Waals surface area contributed by atoms with Crippen LogP contribution in [0.15, 0.2) is 24.3 Å². The number of phenolic OH excluding ortho intramolecular Hbond substituents is 1. The highest BCUT2D eigenvalue weighted by molar-refractivity contribution is 5.79. The van der Waals surface area contributed by atoms with Crippen molar-refractivity contribution < 1.29 is 9.90 Å². The van der Waals surface area contributed by atoms with Crippen molar-refractivity contribution in [1.29, 1.82) is 0 Å². The Bertz CT molecular complexity index is 407. The minimum absolute atomic E-state index is 0.0695. The van der Waals surface area contributed by atoms with Crippen molar-refractivity contribution in [3.63, 3.8) is 0 Å².